The van der Waals surface area contributed by atoms with Crippen LogP contribution < -0.4 is 0 Å². The number of nitrogens with zero attached hydrogens (tertiary/aromatic N) is 2. The molecule has 1 N–H and O–H groups in total. The van der Waals surface area contributed by atoms with E-state index < -0.39 is 5.97 Å². The number of hydrogen-bond donors (Lipinski definition) is 1. The number of aromatic nitrogens is 2. The first kappa shape index (κ1) is 9.71. The highest BCUT2D eigenvalue weighted by molar-refractivity contribution is 5.94. The highest BCUT2D eigenvalue weighted by atomic mass is 16.4. The largest absolute Gasteiger partial charge is 0.478 e. The fourth-order valence-corrected chi connectivity index (χ4v) is 1.82. The lowest BCUT2D eigenvalue weighted by Gasteiger charge is -2.00. The van der Waals surface area contributed by atoms with E-state index in [1.165, 1.54) is 0 Å². The SMILES string of the molecule is CCc1c(C)nc2c(C(=O)O)cccn12. The van der Waals surface area contributed by atoms with Crippen molar-refractivity contribution in [1.29, 1.82) is 0 Å². The molecule has 2 aromatic heterocycles. The van der Waals surface area contributed by atoms with E-state index in [9.17, 15) is 4.79 Å². The summed E-state index contributed by atoms with van der Waals surface area (Å²) in [5.41, 5.74) is 2.74. The zero-order chi connectivity index (χ0) is 11.0. The van der Waals surface area contributed by atoms with Gasteiger partial charge in [0, 0.05) is 11.9 Å². The topological polar surface area (TPSA) is 54.6 Å². The summed E-state index contributed by atoms with van der Waals surface area (Å²) >= 11 is 0. The molecule has 0 atom stereocenters. The first-order chi connectivity index (χ1) is 7.15. The predicted molar refractivity (Wildman–Crippen MR) is 56.3 cm³/mol. The lowest BCUT2D eigenvalue weighted by Crippen LogP contribution is -2.01. The van der Waals surface area contributed by atoms with Crippen molar-refractivity contribution < 1.29 is 9.90 Å². The molecule has 78 valence electrons. The van der Waals surface area contributed by atoms with Gasteiger partial charge in [0.25, 0.3) is 0 Å². The molecular weight excluding hydrogens is 192 g/mol. The summed E-state index contributed by atoms with van der Waals surface area (Å²) in [5.74, 6) is -0.937. The van der Waals surface area contributed by atoms with Crippen LogP contribution in [0.15, 0.2) is 18.3 Å². The van der Waals surface area contributed by atoms with Gasteiger partial charge in [0.05, 0.1) is 5.69 Å². The molecule has 4 heteroatoms. The smallest absolute Gasteiger partial charge is 0.339 e. The van der Waals surface area contributed by atoms with Crippen molar-refractivity contribution in [2.24, 2.45) is 0 Å². The van der Waals surface area contributed by atoms with Crippen LogP contribution in [-0.4, -0.2) is 20.5 Å². The lowest BCUT2D eigenvalue weighted by atomic mass is 10.2. The van der Waals surface area contributed by atoms with Gasteiger partial charge in [0.1, 0.15) is 5.56 Å². The third-order valence-electron chi connectivity index (χ3n) is 2.51. The third-order valence-corrected chi connectivity index (χ3v) is 2.51. The molecule has 2 aromatic rings. The van der Waals surface area contributed by atoms with Crippen molar-refractivity contribution in [3.05, 3.63) is 35.3 Å². The van der Waals surface area contributed by atoms with E-state index in [0.717, 1.165) is 17.8 Å². The number of fused-ring (bicyclic) bond motifs is 1. The highest BCUT2D eigenvalue weighted by Gasteiger charge is 2.13. The molecule has 0 unspecified atom stereocenters. The molecule has 2 heterocycles. The van der Waals surface area contributed by atoms with E-state index in [2.05, 4.69) is 4.98 Å². The average molecular weight is 204 g/mol. The van der Waals surface area contributed by atoms with Crippen molar-refractivity contribution in [1.82, 2.24) is 9.38 Å². The average Bonchev–Trinajstić information content (AvgIpc) is 2.52. The fourth-order valence-electron chi connectivity index (χ4n) is 1.82. The van der Waals surface area contributed by atoms with Gasteiger partial charge in [0.2, 0.25) is 0 Å². The van der Waals surface area contributed by atoms with Crippen LogP contribution in [0.1, 0.15) is 28.7 Å². The maximum atomic E-state index is 11.0. The van der Waals surface area contributed by atoms with E-state index in [4.69, 9.17) is 5.11 Å². The number of aryl methyl sites for hydroxylation is 2. The van der Waals surface area contributed by atoms with Gasteiger partial charge < -0.3 is 9.51 Å². The van der Waals surface area contributed by atoms with E-state index in [1.807, 2.05) is 24.4 Å². The second kappa shape index (κ2) is 3.38. The molecule has 0 aromatic carbocycles. The zero-order valence-corrected chi connectivity index (χ0v) is 8.69. The Kier molecular flexibility index (Phi) is 2.19. The summed E-state index contributed by atoms with van der Waals surface area (Å²) in [5, 5.41) is 9.00. The minimum atomic E-state index is -0.937. The normalized spacial score (nSPS) is 10.8. The van der Waals surface area contributed by atoms with Gasteiger partial charge in [-0.15, -0.1) is 0 Å². The molecule has 0 amide bonds. The van der Waals surface area contributed by atoms with Gasteiger partial charge in [-0.05, 0) is 25.5 Å². The van der Waals surface area contributed by atoms with Crippen molar-refractivity contribution in [3.63, 3.8) is 0 Å². The Bertz CT molecular complexity index is 529. The van der Waals surface area contributed by atoms with Crippen molar-refractivity contribution >= 4 is 11.6 Å². The molecule has 4 nitrogen and oxygen atoms in total. The van der Waals surface area contributed by atoms with Crippen LogP contribution in [0.25, 0.3) is 5.65 Å². The van der Waals surface area contributed by atoms with Crippen LogP contribution in [-0.2, 0) is 6.42 Å². The summed E-state index contributed by atoms with van der Waals surface area (Å²) in [6.07, 6.45) is 2.69. The van der Waals surface area contributed by atoms with Crippen LogP contribution in [0.2, 0.25) is 0 Å². The molecule has 0 aliphatic heterocycles. The summed E-state index contributed by atoms with van der Waals surface area (Å²) in [7, 11) is 0. The first-order valence-corrected chi connectivity index (χ1v) is 4.85. The van der Waals surface area contributed by atoms with Gasteiger partial charge in [-0.2, -0.15) is 0 Å². The minimum Gasteiger partial charge on any atom is -0.478 e. The Morgan fingerprint density at radius 3 is 2.93 bits per heavy atom. The number of carboxylic acid groups (broad SMARTS) is 1. The van der Waals surface area contributed by atoms with Crippen LogP contribution in [0.5, 0.6) is 0 Å². The van der Waals surface area contributed by atoms with Gasteiger partial charge in [-0.25, -0.2) is 9.78 Å². The molecule has 0 saturated heterocycles. The van der Waals surface area contributed by atoms with Crippen LogP contribution in [0, 0.1) is 6.92 Å². The summed E-state index contributed by atoms with van der Waals surface area (Å²) < 4.78 is 1.85. The lowest BCUT2D eigenvalue weighted by molar-refractivity contribution is 0.0698. The quantitative estimate of drug-likeness (QED) is 0.812. The summed E-state index contributed by atoms with van der Waals surface area (Å²) in [6, 6.07) is 3.31. The van der Waals surface area contributed by atoms with E-state index >= 15 is 0 Å². The van der Waals surface area contributed by atoms with Gasteiger partial charge >= 0.3 is 5.97 Å². The van der Waals surface area contributed by atoms with Gasteiger partial charge in [-0.1, -0.05) is 6.92 Å². The first-order valence-electron chi connectivity index (χ1n) is 4.85. The Balaban J connectivity index is 2.83. The number of carboxylic acids is 1. The second-order valence-corrected chi connectivity index (χ2v) is 3.42. The van der Waals surface area contributed by atoms with Crippen molar-refractivity contribution in [2.75, 3.05) is 0 Å². The highest BCUT2D eigenvalue weighted by Crippen LogP contribution is 2.16. The number of pyridine rings is 1. The molecule has 0 aliphatic rings. The van der Waals surface area contributed by atoms with Crippen LogP contribution >= 0.6 is 0 Å². The number of imidazole rings is 1. The van der Waals surface area contributed by atoms with Crippen LogP contribution in [0.4, 0.5) is 0 Å². The minimum absolute atomic E-state index is 0.250. The summed E-state index contributed by atoms with van der Waals surface area (Å²) in [6.45, 7) is 3.93. The number of aromatic carboxylic acids is 1. The maximum Gasteiger partial charge on any atom is 0.339 e. The van der Waals surface area contributed by atoms with Crippen molar-refractivity contribution in [3.8, 4) is 0 Å². The second-order valence-electron chi connectivity index (χ2n) is 3.42. The van der Waals surface area contributed by atoms with Gasteiger partial charge in [-0.3, -0.25) is 0 Å². The molecule has 0 bridgehead atoms. The predicted octanol–water partition coefficient (Wildman–Crippen LogP) is 1.90. The molecule has 15 heavy (non-hydrogen) atoms. The molecule has 0 radical (unpaired) electrons. The van der Waals surface area contributed by atoms with E-state index in [0.29, 0.717) is 5.65 Å². The molecule has 0 saturated carbocycles. The number of hydrogen-bond acceptors (Lipinski definition) is 2. The Hall–Kier alpha value is -1.84. The molecular formula is C11H12N2O2. The van der Waals surface area contributed by atoms with Crippen LogP contribution in [0.3, 0.4) is 0 Å². The Labute approximate surface area is 87.2 Å². The standard InChI is InChI=1S/C11H12N2O2/c1-3-9-7(2)12-10-8(11(14)15)5-4-6-13(9)10/h4-6H,3H2,1-2H3,(H,14,15). The van der Waals surface area contributed by atoms with E-state index in [1.54, 1.807) is 12.1 Å². The molecule has 0 aliphatic carbocycles. The monoisotopic (exact) mass is 204 g/mol. The number of carbonyl (C=O) groups is 1. The zero-order valence-electron chi connectivity index (χ0n) is 8.69. The number of rotatable bonds is 2. The molecule has 2 rings (SSSR count). The third kappa shape index (κ3) is 1.38. The van der Waals surface area contributed by atoms with Crippen molar-refractivity contribution in [2.45, 2.75) is 20.3 Å². The maximum absolute atomic E-state index is 11.0. The van der Waals surface area contributed by atoms with E-state index in [-0.39, 0.29) is 5.56 Å². The molecule has 0 fully saturated rings. The Morgan fingerprint density at radius 2 is 2.33 bits per heavy atom. The fraction of sp³-hybridized carbons (Fsp3) is 0.273. The molecule has 0 spiro atoms. The Morgan fingerprint density at radius 1 is 1.60 bits per heavy atom. The summed E-state index contributed by atoms with van der Waals surface area (Å²) in [4.78, 5) is 15.3. The van der Waals surface area contributed by atoms with Gasteiger partial charge in [0.15, 0.2) is 5.65 Å².